The Hall–Kier alpha value is -2.62. The molecule has 1 unspecified atom stereocenters. The number of carboxylic acid groups (broad SMARTS) is 1. The van der Waals surface area contributed by atoms with E-state index in [1.165, 1.54) is 5.56 Å². The first-order chi connectivity index (χ1) is 11.9. The van der Waals surface area contributed by atoms with Crippen LogP contribution in [0.4, 0.5) is 0 Å². The SMILES string of the molecule is Cc1ccc(CC(C)C(=O)N2CCc3ccc(C(=O)O)cc3C2)cc1. The van der Waals surface area contributed by atoms with Crippen LogP contribution in [0.25, 0.3) is 0 Å². The molecular weight excluding hydrogens is 314 g/mol. The summed E-state index contributed by atoms with van der Waals surface area (Å²) in [4.78, 5) is 25.8. The number of aryl methyl sites for hydroxylation is 1. The molecule has 0 aliphatic carbocycles. The normalized spacial score (nSPS) is 14.7. The van der Waals surface area contributed by atoms with Gasteiger partial charge in [0.15, 0.2) is 0 Å². The van der Waals surface area contributed by atoms with Crippen molar-refractivity contribution in [1.82, 2.24) is 4.90 Å². The molecule has 0 bridgehead atoms. The predicted molar refractivity (Wildman–Crippen MR) is 96.6 cm³/mol. The molecule has 1 amide bonds. The average molecular weight is 337 g/mol. The third kappa shape index (κ3) is 3.90. The van der Waals surface area contributed by atoms with Gasteiger partial charge in [-0.05, 0) is 48.6 Å². The summed E-state index contributed by atoms with van der Waals surface area (Å²) in [6.45, 7) is 5.20. The molecule has 0 fully saturated rings. The van der Waals surface area contributed by atoms with Crippen molar-refractivity contribution >= 4 is 11.9 Å². The van der Waals surface area contributed by atoms with Crippen LogP contribution < -0.4 is 0 Å². The molecular formula is C21H23NO3. The number of aromatic carboxylic acids is 1. The molecule has 4 nitrogen and oxygen atoms in total. The van der Waals surface area contributed by atoms with Crippen molar-refractivity contribution in [2.24, 2.45) is 5.92 Å². The summed E-state index contributed by atoms with van der Waals surface area (Å²) in [6.07, 6.45) is 1.50. The monoisotopic (exact) mass is 337 g/mol. The van der Waals surface area contributed by atoms with Gasteiger partial charge in [-0.1, -0.05) is 42.8 Å². The van der Waals surface area contributed by atoms with Crippen molar-refractivity contribution in [3.63, 3.8) is 0 Å². The Morgan fingerprint density at radius 2 is 1.84 bits per heavy atom. The van der Waals surface area contributed by atoms with Crippen LogP contribution in [-0.4, -0.2) is 28.4 Å². The Morgan fingerprint density at radius 1 is 1.12 bits per heavy atom. The number of hydrogen-bond donors (Lipinski definition) is 1. The second kappa shape index (κ2) is 7.09. The van der Waals surface area contributed by atoms with Crippen LogP contribution in [0.5, 0.6) is 0 Å². The first kappa shape index (κ1) is 17.2. The standard InChI is InChI=1S/C21H23NO3/c1-14-3-5-16(6-4-14)11-15(2)20(23)22-10-9-17-7-8-18(21(24)25)12-19(17)13-22/h3-8,12,15H,9-11,13H2,1-2H3,(H,24,25). The van der Waals surface area contributed by atoms with E-state index in [0.717, 1.165) is 29.5 Å². The summed E-state index contributed by atoms with van der Waals surface area (Å²) in [7, 11) is 0. The lowest BCUT2D eigenvalue weighted by Gasteiger charge is -2.31. The highest BCUT2D eigenvalue weighted by atomic mass is 16.4. The maximum absolute atomic E-state index is 12.8. The summed E-state index contributed by atoms with van der Waals surface area (Å²) < 4.78 is 0. The Morgan fingerprint density at radius 3 is 2.52 bits per heavy atom. The molecule has 1 aliphatic rings. The molecule has 2 aromatic rings. The number of rotatable bonds is 4. The number of carboxylic acids is 1. The summed E-state index contributed by atoms with van der Waals surface area (Å²) in [6, 6.07) is 13.5. The fourth-order valence-corrected chi connectivity index (χ4v) is 3.35. The zero-order valence-electron chi connectivity index (χ0n) is 14.7. The fourth-order valence-electron chi connectivity index (χ4n) is 3.35. The molecule has 1 heterocycles. The van der Waals surface area contributed by atoms with Gasteiger partial charge in [0.1, 0.15) is 0 Å². The summed E-state index contributed by atoms with van der Waals surface area (Å²) in [5, 5.41) is 9.15. The third-order valence-electron chi connectivity index (χ3n) is 4.86. The van der Waals surface area contributed by atoms with Crippen molar-refractivity contribution in [2.75, 3.05) is 6.54 Å². The smallest absolute Gasteiger partial charge is 0.335 e. The van der Waals surface area contributed by atoms with Gasteiger partial charge >= 0.3 is 5.97 Å². The van der Waals surface area contributed by atoms with Crippen LogP contribution in [0, 0.1) is 12.8 Å². The number of hydrogen-bond acceptors (Lipinski definition) is 2. The largest absolute Gasteiger partial charge is 0.478 e. The number of fused-ring (bicyclic) bond motifs is 1. The Kier molecular flexibility index (Phi) is 4.88. The van der Waals surface area contributed by atoms with Gasteiger partial charge in [-0.25, -0.2) is 4.79 Å². The number of carbonyl (C=O) groups is 2. The van der Waals surface area contributed by atoms with Crippen LogP contribution in [0.3, 0.4) is 0 Å². The second-order valence-electron chi connectivity index (χ2n) is 6.89. The molecule has 3 rings (SSSR count). The highest BCUT2D eigenvalue weighted by Crippen LogP contribution is 2.23. The van der Waals surface area contributed by atoms with E-state index >= 15 is 0 Å². The minimum absolute atomic E-state index is 0.0908. The molecule has 2 aromatic carbocycles. The van der Waals surface area contributed by atoms with E-state index in [9.17, 15) is 9.59 Å². The molecule has 0 saturated carbocycles. The van der Waals surface area contributed by atoms with E-state index in [2.05, 4.69) is 31.2 Å². The first-order valence-electron chi connectivity index (χ1n) is 8.63. The maximum atomic E-state index is 12.8. The van der Waals surface area contributed by atoms with E-state index in [4.69, 9.17) is 5.11 Å². The van der Waals surface area contributed by atoms with E-state index in [-0.39, 0.29) is 17.4 Å². The highest BCUT2D eigenvalue weighted by Gasteiger charge is 2.25. The Bertz CT molecular complexity index is 795. The van der Waals surface area contributed by atoms with Crippen LogP contribution >= 0.6 is 0 Å². The van der Waals surface area contributed by atoms with Crippen molar-refractivity contribution in [3.8, 4) is 0 Å². The van der Waals surface area contributed by atoms with E-state index in [1.54, 1.807) is 12.1 Å². The van der Waals surface area contributed by atoms with E-state index in [0.29, 0.717) is 13.1 Å². The predicted octanol–water partition coefficient (Wildman–Crippen LogP) is 3.46. The molecule has 1 N–H and O–H groups in total. The van der Waals surface area contributed by atoms with Gasteiger partial charge in [-0.3, -0.25) is 4.79 Å². The van der Waals surface area contributed by atoms with Crippen molar-refractivity contribution in [2.45, 2.75) is 33.2 Å². The number of nitrogens with zero attached hydrogens (tertiary/aromatic N) is 1. The molecule has 130 valence electrons. The summed E-state index contributed by atoms with van der Waals surface area (Å²) >= 11 is 0. The molecule has 0 saturated heterocycles. The molecule has 1 atom stereocenters. The molecule has 0 spiro atoms. The Labute approximate surface area is 148 Å². The van der Waals surface area contributed by atoms with Crippen molar-refractivity contribution in [3.05, 3.63) is 70.3 Å². The Balaban J connectivity index is 1.69. The van der Waals surface area contributed by atoms with Crippen molar-refractivity contribution < 1.29 is 14.7 Å². The topological polar surface area (TPSA) is 57.6 Å². The first-order valence-corrected chi connectivity index (χ1v) is 8.63. The van der Waals surface area contributed by atoms with Crippen LogP contribution in [0.2, 0.25) is 0 Å². The maximum Gasteiger partial charge on any atom is 0.335 e. The zero-order chi connectivity index (χ0) is 18.0. The number of amides is 1. The fraction of sp³-hybridized carbons (Fsp3) is 0.333. The third-order valence-corrected chi connectivity index (χ3v) is 4.86. The molecule has 4 heteroatoms. The van der Waals surface area contributed by atoms with Gasteiger partial charge in [0.05, 0.1) is 5.56 Å². The average Bonchev–Trinajstić information content (AvgIpc) is 2.62. The number of carbonyl (C=O) groups excluding carboxylic acids is 1. The lowest BCUT2D eigenvalue weighted by Crippen LogP contribution is -2.39. The second-order valence-corrected chi connectivity index (χ2v) is 6.89. The van der Waals surface area contributed by atoms with E-state index < -0.39 is 5.97 Å². The van der Waals surface area contributed by atoms with Gasteiger partial charge in [0.2, 0.25) is 5.91 Å². The quantitative estimate of drug-likeness (QED) is 0.929. The van der Waals surface area contributed by atoms with Gasteiger partial charge in [0, 0.05) is 19.0 Å². The van der Waals surface area contributed by atoms with Crippen LogP contribution in [0.1, 0.15) is 39.5 Å². The molecule has 25 heavy (non-hydrogen) atoms. The molecule has 1 aliphatic heterocycles. The van der Waals surface area contributed by atoms with Crippen LogP contribution in [0.15, 0.2) is 42.5 Å². The molecule has 0 aromatic heterocycles. The molecule has 0 radical (unpaired) electrons. The lowest BCUT2D eigenvalue weighted by atomic mass is 9.94. The number of benzene rings is 2. The minimum Gasteiger partial charge on any atom is -0.478 e. The zero-order valence-corrected chi connectivity index (χ0v) is 14.7. The highest BCUT2D eigenvalue weighted by molar-refractivity contribution is 5.88. The summed E-state index contributed by atoms with van der Waals surface area (Å²) in [5.41, 5.74) is 4.74. The van der Waals surface area contributed by atoms with Gasteiger partial charge in [-0.15, -0.1) is 0 Å². The lowest BCUT2D eigenvalue weighted by molar-refractivity contribution is -0.135. The van der Waals surface area contributed by atoms with Gasteiger partial charge in [0.25, 0.3) is 0 Å². The summed E-state index contributed by atoms with van der Waals surface area (Å²) in [5.74, 6) is -0.891. The van der Waals surface area contributed by atoms with Gasteiger partial charge < -0.3 is 10.0 Å². The minimum atomic E-state index is -0.931. The van der Waals surface area contributed by atoms with Crippen LogP contribution in [-0.2, 0) is 24.2 Å². The van der Waals surface area contributed by atoms with Gasteiger partial charge in [-0.2, -0.15) is 0 Å². The van der Waals surface area contributed by atoms with E-state index in [1.807, 2.05) is 17.9 Å². The van der Waals surface area contributed by atoms with Crippen molar-refractivity contribution in [1.29, 1.82) is 0 Å².